The first-order valence-corrected chi connectivity index (χ1v) is 11.1. The van der Waals surface area contributed by atoms with Crippen molar-refractivity contribution in [3.63, 3.8) is 0 Å². The third kappa shape index (κ3) is 8.29. The van der Waals surface area contributed by atoms with Gasteiger partial charge in [-0.25, -0.2) is 0 Å². The lowest BCUT2D eigenvalue weighted by atomic mass is 9.77. The van der Waals surface area contributed by atoms with E-state index in [1.165, 1.54) is 102 Å². The summed E-state index contributed by atoms with van der Waals surface area (Å²) in [6.07, 6.45) is 21.2. The average Bonchev–Trinajstić information content (AvgIpc) is 2.64. The predicted octanol–water partition coefficient (Wildman–Crippen LogP) is 7.98. The zero-order valence-electron chi connectivity index (χ0n) is 16.5. The Bertz CT molecular complexity index is 445. The number of hydrogen-bond acceptors (Lipinski definition) is 1. The second kappa shape index (κ2) is 12.4. The van der Waals surface area contributed by atoms with Crippen molar-refractivity contribution in [1.82, 2.24) is 0 Å². The van der Waals surface area contributed by atoms with Gasteiger partial charge in [0.15, 0.2) is 0 Å². The Labute approximate surface area is 156 Å². The van der Waals surface area contributed by atoms with Crippen molar-refractivity contribution in [2.24, 2.45) is 5.92 Å². The standard InChI is InChI=1S/C24H40O/c1-2-3-4-5-6-7-8-9-10-11-13-21-16-18-22(19-17-21)23-14-12-15-24(25)20-23/h12,14-15,20-22,25H,2-11,13,16-19H2,1H3. The summed E-state index contributed by atoms with van der Waals surface area (Å²) < 4.78 is 0. The van der Waals surface area contributed by atoms with E-state index in [1.807, 2.05) is 12.1 Å². The van der Waals surface area contributed by atoms with Crippen LogP contribution in [0.3, 0.4) is 0 Å². The highest BCUT2D eigenvalue weighted by Crippen LogP contribution is 2.38. The van der Waals surface area contributed by atoms with Gasteiger partial charge in [-0.05, 0) is 55.2 Å². The number of benzene rings is 1. The molecule has 0 spiro atoms. The van der Waals surface area contributed by atoms with Crippen LogP contribution in [0, 0.1) is 5.92 Å². The van der Waals surface area contributed by atoms with Gasteiger partial charge in [-0.15, -0.1) is 0 Å². The van der Waals surface area contributed by atoms with E-state index >= 15 is 0 Å². The van der Waals surface area contributed by atoms with Crippen LogP contribution < -0.4 is 0 Å². The second-order valence-corrected chi connectivity index (χ2v) is 8.28. The Morgan fingerprint density at radius 3 is 2.00 bits per heavy atom. The normalized spacial score (nSPS) is 20.7. The quantitative estimate of drug-likeness (QED) is 0.381. The monoisotopic (exact) mass is 344 g/mol. The van der Waals surface area contributed by atoms with Crippen LogP contribution >= 0.6 is 0 Å². The molecular weight excluding hydrogens is 304 g/mol. The van der Waals surface area contributed by atoms with Gasteiger partial charge in [-0.1, -0.05) is 89.7 Å². The first kappa shape index (κ1) is 20.3. The van der Waals surface area contributed by atoms with Gasteiger partial charge in [0.2, 0.25) is 0 Å². The summed E-state index contributed by atoms with van der Waals surface area (Å²) in [5.41, 5.74) is 1.34. The third-order valence-corrected chi connectivity index (χ3v) is 6.15. The molecule has 2 rings (SSSR count). The van der Waals surface area contributed by atoms with Gasteiger partial charge in [-0.2, -0.15) is 0 Å². The molecule has 1 fully saturated rings. The van der Waals surface area contributed by atoms with Crippen LogP contribution in [0.25, 0.3) is 0 Å². The van der Waals surface area contributed by atoms with E-state index in [2.05, 4.69) is 13.0 Å². The van der Waals surface area contributed by atoms with Gasteiger partial charge in [-0.3, -0.25) is 0 Å². The zero-order chi connectivity index (χ0) is 17.7. The number of aromatic hydroxyl groups is 1. The fraction of sp³-hybridized carbons (Fsp3) is 0.750. The van der Waals surface area contributed by atoms with Gasteiger partial charge < -0.3 is 5.11 Å². The summed E-state index contributed by atoms with van der Waals surface area (Å²) in [6.45, 7) is 2.29. The van der Waals surface area contributed by atoms with E-state index in [-0.39, 0.29) is 0 Å². The van der Waals surface area contributed by atoms with E-state index in [4.69, 9.17) is 0 Å². The highest BCUT2D eigenvalue weighted by molar-refractivity contribution is 5.29. The molecule has 1 aromatic carbocycles. The molecule has 0 atom stereocenters. The molecule has 1 aliphatic carbocycles. The summed E-state index contributed by atoms with van der Waals surface area (Å²) >= 11 is 0. The Morgan fingerprint density at radius 2 is 1.40 bits per heavy atom. The van der Waals surface area contributed by atoms with Crippen molar-refractivity contribution in [3.05, 3.63) is 29.8 Å². The summed E-state index contributed by atoms with van der Waals surface area (Å²) in [5, 5.41) is 9.65. The largest absolute Gasteiger partial charge is 0.508 e. The van der Waals surface area contributed by atoms with E-state index in [0.29, 0.717) is 11.7 Å². The molecule has 25 heavy (non-hydrogen) atoms. The summed E-state index contributed by atoms with van der Waals surface area (Å²) in [7, 11) is 0. The summed E-state index contributed by atoms with van der Waals surface area (Å²) in [5.74, 6) is 2.06. The van der Waals surface area contributed by atoms with Gasteiger partial charge in [0.25, 0.3) is 0 Å². The van der Waals surface area contributed by atoms with Gasteiger partial charge in [0.1, 0.15) is 5.75 Å². The molecule has 0 heterocycles. The molecule has 142 valence electrons. The minimum absolute atomic E-state index is 0.421. The number of phenols is 1. The lowest BCUT2D eigenvalue weighted by Gasteiger charge is -2.29. The lowest BCUT2D eigenvalue weighted by molar-refractivity contribution is 0.301. The molecule has 0 amide bonds. The molecule has 1 aromatic rings. The van der Waals surface area contributed by atoms with E-state index in [0.717, 1.165) is 5.92 Å². The van der Waals surface area contributed by atoms with Crippen molar-refractivity contribution in [2.45, 2.75) is 109 Å². The van der Waals surface area contributed by atoms with Crippen molar-refractivity contribution >= 4 is 0 Å². The number of hydrogen-bond donors (Lipinski definition) is 1. The molecule has 0 unspecified atom stereocenters. The van der Waals surface area contributed by atoms with Crippen molar-refractivity contribution in [3.8, 4) is 5.75 Å². The summed E-state index contributed by atoms with van der Waals surface area (Å²) in [4.78, 5) is 0. The Morgan fingerprint density at radius 1 is 0.800 bits per heavy atom. The Hall–Kier alpha value is -0.980. The minimum Gasteiger partial charge on any atom is -0.508 e. The molecule has 1 saturated carbocycles. The van der Waals surface area contributed by atoms with Crippen molar-refractivity contribution < 1.29 is 5.11 Å². The Balaban J connectivity index is 1.46. The highest BCUT2D eigenvalue weighted by Gasteiger charge is 2.22. The lowest BCUT2D eigenvalue weighted by Crippen LogP contribution is -2.13. The van der Waals surface area contributed by atoms with Crippen LogP contribution in [-0.2, 0) is 0 Å². The van der Waals surface area contributed by atoms with E-state index in [9.17, 15) is 5.11 Å². The maximum atomic E-state index is 9.65. The fourth-order valence-electron chi connectivity index (χ4n) is 4.48. The predicted molar refractivity (Wildman–Crippen MR) is 109 cm³/mol. The number of phenolic OH excluding ortho intramolecular Hbond substituents is 1. The molecule has 0 radical (unpaired) electrons. The van der Waals surface area contributed by atoms with Gasteiger partial charge >= 0.3 is 0 Å². The van der Waals surface area contributed by atoms with Crippen LogP contribution in [-0.4, -0.2) is 5.11 Å². The number of unbranched alkanes of at least 4 members (excludes halogenated alkanes) is 9. The molecule has 0 saturated heterocycles. The third-order valence-electron chi connectivity index (χ3n) is 6.15. The zero-order valence-corrected chi connectivity index (χ0v) is 16.5. The highest BCUT2D eigenvalue weighted by atomic mass is 16.3. The average molecular weight is 345 g/mol. The maximum Gasteiger partial charge on any atom is 0.115 e. The van der Waals surface area contributed by atoms with Crippen LogP contribution in [0.4, 0.5) is 0 Å². The molecular formula is C24H40O. The first-order valence-electron chi connectivity index (χ1n) is 11.1. The van der Waals surface area contributed by atoms with Crippen molar-refractivity contribution in [1.29, 1.82) is 0 Å². The molecule has 1 nitrogen and oxygen atoms in total. The smallest absolute Gasteiger partial charge is 0.115 e. The van der Waals surface area contributed by atoms with E-state index in [1.54, 1.807) is 6.07 Å². The molecule has 1 aliphatic rings. The molecule has 0 aliphatic heterocycles. The maximum absolute atomic E-state index is 9.65. The molecule has 1 heteroatoms. The first-order chi connectivity index (χ1) is 12.3. The summed E-state index contributed by atoms with van der Waals surface area (Å²) in [6, 6.07) is 7.92. The van der Waals surface area contributed by atoms with Crippen LogP contribution in [0.15, 0.2) is 24.3 Å². The minimum atomic E-state index is 0.421. The molecule has 0 aromatic heterocycles. The SMILES string of the molecule is CCCCCCCCCCCCC1CCC(c2cccc(O)c2)CC1. The topological polar surface area (TPSA) is 20.2 Å². The number of rotatable bonds is 12. The molecule has 1 N–H and O–H groups in total. The van der Waals surface area contributed by atoms with Crippen molar-refractivity contribution in [2.75, 3.05) is 0 Å². The fourth-order valence-corrected chi connectivity index (χ4v) is 4.48. The van der Waals surface area contributed by atoms with E-state index < -0.39 is 0 Å². The Kier molecular flexibility index (Phi) is 10.1. The second-order valence-electron chi connectivity index (χ2n) is 8.28. The van der Waals surface area contributed by atoms with Crippen LogP contribution in [0.2, 0.25) is 0 Å². The van der Waals surface area contributed by atoms with Crippen LogP contribution in [0.5, 0.6) is 5.75 Å². The van der Waals surface area contributed by atoms with Gasteiger partial charge in [0, 0.05) is 0 Å². The molecule has 0 bridgehead atoms. The van der Waals surface area contributed by atoms with Crippen LogP contribution in [0.1, 0.15) is 115 Å². The van der Waals surface area contributed by atoms with Gasteiger partial charge in [0.05, 0.1) is 0 Å².